The average Bonchev–Trinajstić information content (AvgIpc) is 2.18. The second-order valence-corrected chi connectivity index (χ2v) is 2.99. The summed E-state index contributed by atoms with van der Waals surface area (Å²) in [4.78, 5) is 0. The van der Waals surface area contributed by atoms with E-state index in [4.69, 9.17) is 15.2 Å². The van der Waals surface area contributed by atoms with Crippen molar-refractivity contribution in [3.63, 3.8) is 0 Å². The number of aromatic hydroxyl groups is 1. The standard InChI is InChI=1S/C10H15NO3/c1-13-6-8(11)7-3-4-10(14-2)9(12)5-7/h3-5,8,12H,6,11H2,1-2H3. The molecule has 0 saturated carbocycles. The molecular formula is C10H15NO3. The van der Waals surface area contributed by atoms with Gasteiger partial charge in [0.15, 0.2) is 11.5 Å². The van der Waals surface area contributed by atoms with Crippen molar-refractivity contribution in [2.45, 2.75) is 6.04 Å². The van der Waals surface area contributed by atoms with Crippen molar-refractivity contribution in [1.29, 1.82) is 0 Å². The summed E-state index contributed by atoms with van der Waals surface area (Å²) in [5.41, 5.74) is 6.61. The van der Waals surface area contributed by atoms with Gasteiger partial charge in [0.25, 0.3) is 0 Å². The van der Waals surface area contributed by atoms with Gasteiger partial charge >= 0.3 is 0 Å². The summed E-state index contributed by atoms with van der Waals surface area (Å²) in [6.07, 6.45) is 0. The first kappa shape index (κ1) is 10.8. The van der Waals surface area contributed by atoms with Crippen LogP contribution >= 0.6 is 0 Å². The van der Waals surface area contributed by atoms with E-state index in [-0.39, 0.29) is 11.8 Å². The number of nitrogens with two attached hydrogens (primary N) is 1. The molecule has 3 N–H and O–H groups in total. The molecule has 0 fully saturated rings. The van der Waals surface area contributed by atoms with Gasteiger partial charge < -0.3 is 20.3 Å². The molecule has 0 radical (unpaired) electrons. The maximum atomic E-state index is 9.49. The van der Waals surface area contributed by atoms with Gasteiger partial charge in [-0.2, -0.15) is 0 Å². The zero-order chi connectivity index (χ0) is 10.6. The van der Waals surface area contributed by atoms with E-state index in [9.17, 15) is 5.11 Å². The first-order valence-corrected chi connectivity index (χ1v) is 4.30. The zero-order valence-corrected chi connectivity index (χ0v) is 8.36. The third kappa shape index (κ3) is 2.37. The van der Waals surface area contributed by atoms with Crippen LogP contribution in [0.25, 0.3) is 0 Å². The van der Waals surface area contributed by atoms with E-state index >= 15 is 0 Å². The largest absolute Gasteiger partial charge is 0.504 e. The molecule has 1 atom stereocenters. The Hall–Kier alpha value is -1.26. The van der Waals surface area contributed by atoms with Crippen molar-refractivity contribution >= 4 is 0 Å². The normalized spacial score (nSPS) is 12.5. The number of hydrogen-bond donors (Lipinski definition) is 2. The van der Waals surface area contributed by atoms with Gasteiger partial charge in [0.2, 0.25) is 0 Å². The van der Waals surface area contributed by atoms with Crippen LogP contribution in [0, 0.1) is 0 Å². The van der Waals surface area contributed by atoms with Gasteiger partial charge in [0.05, 0.1) is 19.8 Å². The van der Waals surface area contributed by atoms with Crippen LogP contribution < -0.4 is 10.5 Å². The molecule has 14 heavy (non-hydrogen) atoms. The quantitative estimate of drug-likeness (QED) is 0.757. The number of rotatable bonds is 4. The molecule has 0 spiro atoms. The van der Waals surface area contributed by atoms with Crippen molar-refractivity contribution in [2.24, 2.45) is 5.73 Å². The Labute approximate surface area is 83.3 Å². The van der Waals surface area contributed by atoms with Gasteiger partial charge in [0, 0.05) is 7.11 Å². The van der Waals surface area contributed by atoms with Crippen LogP contribution in [0.1, 0.15) is 11.6 Å². The maximum Gasteiger partial charge on any atom is 0.160 e. The first-order chi connectivity index (χ1) is 6.69. The molecule has 0 aromatic heterocycles. The minimum Gasteiger partial charge on any atom is -0.504 e. The highest BCUT2D eigenvalue weighted by Gasteiger charge is 2.08. The van der Waals surface area contributed by atoms with Crippen LogP contribution in [0.5, 0.6) is 11.5 Å². The van der Waals surface area contributed by atoms with Crippen molar-refractivity contribution in [3.8, 4) is 11.5 Å². The van der Waals surface area contributed by atoms with Crippen LogP contribution in [0.2, 0.25) is 0 Å². The molecule has 0 aliphatic heterocycles. The molecule has 1 unspecified atom stereocenters. The summed E-state index contributed by atoms with van der Waals surface area (Å²) >= 11 is 0. The Balaban J connectivity index is 2.85. The third-order valence-corrected chi connectivity index (χ3v) is 1.98. The van der Waals surface area contributed by atoms with Crippen molar-refractivity contribution in [1.82, 2.24) is 0 Å². The monoisotopic (exact) mass is 197 g/mol. The van der Waals surface area contributed by atoms with Crippen molar-refractivity contribution < 1.29 is 14.6 Å². The topological polar surface area (TPSA) is 64.7 Å². The van der Waals surface area contributed by atoms with E-state index in [1.807, 2.05) is 6.07 Å². The van der Waals surface area contributed by atoms with Crippen molar-refractivity contribution in [3.05, 3.63) is 23.8 Å². The SMILES string of the molecule is COCC(N)c1ccc(OC)c(O)c1. The Morgan fingerprint density at radius 2 is 2.14 bits per heavy atom. The molecule has 4 nitrogen and oxygen atoms in total. The molecule has 0 amide bonds. The fourth-order valence-electron chi connectivity index (χ4n) is 1.21. The molecule has 4 heteroatoms. The Bertz CT molecular complexity index is 301. The lowest BCUT2D eigenvalue weighted by atomic mass is 10.1. The summed E-state index contributed by atoms with van der Waals surface area (Å²) in [5.74, 6) is 0.537. The number of methoxy groups -OCH3 is 2. The lowest BCUT2D eigenvalue weighted by Gasteiger charge is -2.12. The van der Waals surface area contributed by atoms with Crippen LogP contribution in [-0.2, 0) is 4.74 Å². The molecule has 1 aromatic rings. The van der Waals surface area contributed by atoms with Crippen molar-refractivity contribution in [2.75, 3.05) is 20.8 Å². The predicted octanol–water partition coefficient (Wildman–Crippen LogP) is 1.05. The number of phenolic OH excluding ortho intramolecular Hbond substituents is 1. The highest BCUT2D eigenvalue weighted by atomic mass is 16.5. The van der Waals surface area contributed by atoms with Crippen LogP contribution in [0.4, 0.5) is 0 Å². The smallest absolute Gasteiger partial charge is 0.160 e. The second-order valence-electron chi connectivity index (χ2n) is 2.99. The molecule has 0 heterocycles. The number of benzene rings is 1. The lowest BCUT2D eigenvalue weighted by molar-refractivity contribution is 0.181. The summed E-state index contributed by atoms with van der Waals surface area (Å²) in [6, 6.07) is 4.85. The fourth-order valence-corrected chi connectivity index (χ4v) is 1.21. The Morgan fingerprint density at radius 3 is 2.64 bits per heavy atom. The zero-order valence-electron chi connectivity index (χ0n) is 8.36. The molecule has 0 saturated heterocycles. The van der Waals surface area contributed by atoms with E-state index < -0.39 is 0 Å². The van der Waals surface area contributed by atoms with Gasteiger partial charge in [-0.25, -0.2) is 0 Å². The summed E-state index contributed by atoms with van der Waals surface area (Å²) in [5, 5.41) is 9.49. The van der Waals surface area contributed by atoms with E-state index in [2.05, 4.69) is 0 Å². The highest BCUT2D eigenvalue weighted by Crippen LogP contribution is 2.28. The minimum absolute atomic E-state index is 0.0940. The van der Waals surface area contributed by atoms with E-state index in [1.54, 1.807) is 19.2 Å². The lowest BCUT2D eigenvalue weighted by Crippen LogP contribution is -2.15. The van der Waals surface area contributed by atoms with Gasteiger partial charge in [0.1, 0.15) is 0 Å². The van der Waals surface area contributed by atoms with E-state index in [0.29, 0.717) is 12.4 Å². The number of hydrogen-bond acceptors (Lipinski definition) is 4. The molecule has 0 aliphatic rings. The average molecular weight is 197 g/mol. The highest BCUT2D eigenvalue weighted by molar-refractivity contribution is 5.42. The third-order valence-electron chi connectivity index (χ3n) is 1.98. The van der Waals surface area contributed by atoms with Gasteiger partial charge in [-0.15, -0.1) is 0 Å². The fraction of sp³-hybridized carbons (Fsp3) is 0.400. The van der Waals surface area contributed by atoms with E-state index in [1.165, 1.54) is 7.11 Å². The molecule has 1 rings (SSSR count). The molecular weight excluding hydrogens is 182 g/mol. The summed E-state index contributed by atoms with van der Waals surface area (Å²) in [7, 11) is 3.09. The molecule has 0 aliphatic carbocycles. The van der Waals surface area contributed by atoms with Gasteiger partial charge in [-0.05, 0) is 17.7 Å². The molecule has 0 bridgehead atoms. The first-order valence-electron chi connectivity index (χ1n) is 4.30. The number of phenols is 1. The van der Waals surface area contributed by atoms with Gasteiger partial charge in [-0.3, -0.25) is 0 Å². The van der Waals surface area contributed by atoms with E-state index in [0.717, 1.165) is 5.56 Å². The molecule has 1 aromatic carbocycles. The Morgan fingerprint density at radius 1 is 1.43 bits per heavy atom. The van der Waals surface area contributed by atoms with Crippen LogP contribution in [-0.4, -0.2) is 25.9 Å². The number of ether oxygens (including phenoxy) is 2. The second kappa shape index (κ2) is 4.83. The summed E-state index contributed by atoms with van der Waals surface area (Å²) in [6.45, 7) is 0.422. The van der Waals surface area contributed by atoms with Crippen LogP contribution in [0.3, 0.4) is 0 Å². The summed E-state index contributed by atoms with van der Waals surface area (Å²) < 4.78 is 9.83. The predicted molar refractivity (Wildman–Crippen MR) is 53.5 cm³/mol. The van der Waals surface area contributed by atoms with Crippen LogP contribution in [0.15, 0.2) is 18.2 Å². The van der Waals surface area contributed by atoms with Gasteiger partial charge in [-0.1, -0.05) is 6.07 Å². The maximum absolute atomic E-state index is 9.49. The molecule has 78 valence electrons. The minimum atomic E-state index is -0.225. The Kier molecular flexibility index (Phi) is 3.73.